The molecule has 64 valence electrons. The Balaban J connectivity index is 4.02. The van der Waals surface area contributed by atoms with Gasteiger partial charge in [-0.25, -0.2) is 0 Å². The predicted molar refractivity (Wildman–Crippen MR) is 34.5 cm³/mol. The van der Waals surface area contributed by atoms with E-state index in [1.165, 1.54) is 0 Å². The van der Waals surface area contributed by atoms with Crippen LogP contribution in [-0.4, -0.2) is 23.8 Å². The first-order valence-corrected chi connectivity index (χ1v) is 3.07. The van der Waals surface area contributed by atoms with E-state index >= 15 is 0 Å². The second-order valence-corrected chi connectivity index (χ2v) is 2.41. The van der Waals surface area contributed by atoms with Crippen LogP contribution in [0.3, 0.4) is 0 Å². The zero-order chi connectivity index (χ0) is 9.07. The van der Waals surface area contributed by atoms with Crippen LogP contribution in [-0.2, 0) is 0 Å². The third-order valence-electron chi connectivity index (χ3n) is 1.07. The zero-order valence-corrected chi connectivity index (χ0v) is 6.31. The number of rotatable bonds is 2. The van der Waals surface area contributed by atoms with Gasteiger partial charge in [0.25, 0.3) is 0 Å². The fourth-order valence-electron chi connectivity index (χ4n) is 0.517. The van der Waals surface area contributed by atoms with Crippen LogP contribution >= 0.6 is 0 Å². The van der Waals surface area contributed by atoms with Crippen LogP contribution in [0.1, 0.15) is 13.8 Å². The number of alkyl halides is 3. The monoisotopic (exact) mass is 166 g/mol. The van der Waals surface area contributed by atoms with Crippen LogP contribution in [0.15, 0.2) is 0 Å². The first kappa shape index (κ1) is 10.1. The summed E-state index contributed by atoms with van der Waals surface area (Å²) in [7, 11) is 0. The van der Waals surface area contributed by atoms with Gasteiger partial charge in [-0.3, -0.25) is 0 Å². The topological polar surface area (TPSA) is 7.60 Å². The number of hydrogen-bond acceptors (Lipinski definition) is 1. The summed E-state index contributed by atoms with van der Waals surface area (Å²) in [4.78, 5) is 2.74. The molecule has 11 heavy (non-hydrogen) atoms. The summed E-state index contributed by atoms with van der Waals surface area (Å²) < 4.78 is 35.0. The first-order valence-electron chi connectivity index (χ1n) is 3.07. The average molecular weight is 166 g/mol. The summed E-state index contributed by atoms with van der Waals surface area (Å²) in [6.45, 7) is 8.35. The Morgan fingerprint density at radius 1 is 1.45 bits per heavy atom. The molecule has 0 aromatic heterocycles. The summed E-state index contributed by atoms with van der Waals surface area (Å²) in [5, 5.41) is 0.667. The summed E-state index contributed by atoms with van der Waals surface area (Å²) in [6, 6.07) is -0.394. The molecule has 0 amide bonds. The van der Waals surface area contributed by atoms with E-state index in [1.54, 1.807) is 13.8 Å². The van der Waals surface area contributed by atoms with E-state index in [0.717, 1.165) is 0 Å². The highest BCUT2D eigenvalue weighted by molar-refractivity contribution is 4.69. The third kappa shape index (κ3) is 4.48. The number of halogens is 3. The van der Waals surface area contributed by atoms with Gasteiger partial charge in [-0.05, 0) is 13.8 Å². The molecular formula is C6H9F3N2. The Labute approximate surface area is 63.4 Å². The molecule has 0 saturated heterocycles. The fraction of sp³-hybridized carbons (Fsp3) is 0.833. The molecule has 0 spiro atoms. The van der Waals surface area contributed by atoms with Gasteiger partial charge in [0, 0.05) is 0 Å². The maximum atomic E-state index is 11.7. The SMILES string of the molecule is [C-]#[N+]N(CC(F)(F)F)C(C)C. The van der Waals surface area contributed by atoms with E-state index in [9.17, 15) is 13.2 Å². The molecule has 0 aliphatic rings. The van der Waals surface area contributed by atoms with Crippen molar-refractivity contribution in [3.05, 3.63) is 11.5 Å². The van der Waals surface area contributed by atoms with Gasteiger partial charge in [-0.2, -0.15) is 24.7 Å². The van der Waals surface area contributed by atoms with E-state index < -0.39 is 18.8 Å². The maximum Gasteiger partial charge on any atom is 0.412 e. The molecule has 0 N–H and O–H groups in total. The minimum absolute atomic E-state index is 0.394. The largest absolute Gasteiger partial charge is 0.412 e. The molecule has 0 aromatic carbocycles. The van der Waals surface area contributed by atoms with Crippen molar-refractivity contribution in [1.29, 1.82) is 0 Å². The minimum Gasteiger partial charge on any atom is -0.184 e. The van der Waals surface area contributed by atoms with Crippen molar-refractivity contribution in [2.45, 2.75) is 26.1 Å². The van der Waals surface area contributed by atoms with Gasteiger partial charge in [0.15, 0.2) is 6.54 Å². The molecule has 0 unspecified atom stereocenters. The van der Waals surface area contributed by atoms with E-state index in [2.05, 4.69) is 4.95 Å². The second kappa shape index (κ2) is 3.46. The Morgan fingerprint density at radius 3 is 2.00 bits per heavy atom. The van der Waals surface area contributed by atoms with Gasteiger partial charge in [-0.15, -0.1) is 0 Å². The molecule has 5 heteroatoms. The molecular weight excluding hydrogens is 157 g/mol. The van der Waals surface area contributed by atoms with Crippen molar-refractivity contribution in [3.63, 3.8) is 0 Å². The van der Waals surface area contributed by atoms with Crippen molar-refractivity contribution < 1.29 is 13.2 Å². The van der Waals surface area contributed by atoms with E-state index in [1.807, 2.05) is 0 Å². The van der Waals surface area contributed by atoms with Gasteiger partial charge >= 0.3 is 6.18 Å². The molecule has 0 atom stereocenters. The van der Waals surface area contributed by atoms with Crippen molar-refractivity contribution in [3.8, 4) is 0 Å². The van der Waals surface area contributed by atoms with Gasteiger partial charge in [0.2, 0.25) is 0 Å². The molecule has 0 radical (unpaired) electrons. The van der Waals surface area contributed by atoms with Crippen molar-refractivity contribution in [1.82, 2.24) is 5.01 Å². The summed E-state index contributed by atoms with van der Waals surface area (Å²) in [5.41, 5.74) is 0. The first-order chi connectivity index (χ1) is 4.87. The van der Waals surface area contributed by atoms with Crippen LogP contribution in [0, 0.1) is 6.57 Å². The quantitative estimate of drug-likeness (QED) is 0.450. The third-order valence-corrected chi connectivity index (χ3v) is 1.07. The lowest BCUT2D eigenvalue weighted by Crippen LogP contribution is -2.33. The van der Waals surface area contributed by atoms with Gasteiger partial charge in [0.1, 0.15) is 0 Å². The van der Waals surface area contributed by atoms with Gasteiger partial charge in [-0.1, -0.05) is 5.01 Å². The molecule has 2 nitrogen and oxygen atoms in total. The molecule has 0 aromatic rings. The van der Waals surface area contributed by atoms with Gasteiger partial charge < -0.3 is 0 Å². The van der Waals surface area contributed by atoms with Crippen molar-refractivity contribution in [2.24, 2.45) is 0 Å². The zero-order valence-electron chi connectivity index (χ0n) is 6.31. The molecule has 0 saturated carbocycles. The van der Waals surface area contributed by atoms with Crippen LogP contribution < -0.4 is 0 Å². The standard InChI is InChI=1S/C6H9F3N2/c1-5(2)11(10-3)4-6(7,8)9/h5H,4H2,1-2H3. The molecule has 0 fully saturated rings. The number of hydrogen-bond donors (Lipinski definition) is 0. The Hall–Kier alpha value is -0.920. The summed E-state index contributed by atoms with van der Waals surface area (Å²) in [5.74, 6) is 0. The molecule has 0 bridgehead atoms. The van der Waals surface area contributed by atoms with Gasteiger partial charge in [0.05, 0.1) is 6.04 Å². The smallest absolute Gasteiger partial charge is 0.184 e. The van der Waals surface area contributed by atoms with Crippen LogP contribution in [0.25, 0.3) is 4.95 Å². The van der Waals surface area contributed by atoms with E-state index in [-0.39, 0.29) is 0 Å². The van der Waals surface area contributed by atoms with E-state index in [0.29, 0.717) is 5.01 Å². The van der Waals surface area contributed by atoms with Crippen LogP contribution in [0.5, 0.6) is 0 Å². The van der Waals surface area contributed by atoms with Crippen LogP contribution in [0.2, 0.25) is 0 Å². The molecule has 0 aliphatic heterocycles. The second-order valence-electron chi connectivity index (χ2n) is 2.41. The highest BCUT2D eigenvalue weighted by atomic mass is 19.4. The highest BCUT2D eigenvalue weighted by Crippen LogP contribution is 2.17. The lowest BCUT2D eigenvalue weighted by Gasteiger charge is -2.15. The minimum atomic E-state index is -4.28. The Bertz CT molecular complexity index is 156. The summed E-state index contributed by atoms with van der Waals surface area (Å²) in [6.07, 6.45) is -4.28. The maximum absolute atomic E-state index is 11.7. The van der Waals surface area contributed by atoms with Crippen molar-refractivity contribution in [2.75, 3.05) is 6.54 Å². The summed E-state index contributed by atoms with van der Waals surface area (Å²) >= 11 is 0. The van der Waals surface area contributed by atoms with Crippen LogP contribution in [0.4, 0.5) is 13.2 Å². The Kier molecular flexibility index (Phi) is 3.18. The van der Waals surface area contributed by atoms with Crippen molar-refractivity contribution >= 4 is 0 Å². The molecule has 0 aliphatic carbocycles. The Morgan fingerprint density at radius 2 is 1.91 bits per heavy atom. The normalized spacial score (nSPS) is 11.4. The highest BCUT2D eigenvalue weighted by Gasteiger charge is 2.34. The van der Waals surface area contributed by atoms with E-state index in [4.69, 9.17) is 6.57 Å². The molecule has 0 heterocycles. The average Bonchev–Trinajstić information content (AvgIpc) is 1.80. The lowest BCUT2D eigenvalue weighted by atomic mass is 10.4. The lowest BCUT2D eigenvalue weighted by molar-refractivity contribution is -0.143. The predicted octanol–water partition coefficient (Wildman–Crippen LogP) is 2.09. The molecule has 0 rings (SSSR count). The fourth-order valence-corrected chi connectivity index (χ4v) is 0.517. The number of nitrogens with zero attached hydrogens (tertiary/aromatic N) is 2.